The molecule has 1 amide bonds. The monoisotopic (exact) mass is 390 g/mol. The van der Waals surface area contributed by atoms with Gasteiger partial charge in [-0.3, -0.25) is 4.79 Å². The van der Waals surface area contributed by atoms with Crippen molar-refractivity contribution in [1.82, 2.24) is 9.62 Å². The summed E-state index contributed by atoms with van der Waals surface area (Å²) in [5, 5.41) is 2.82. The van der Waals surface area contributed by atoms with Crippen LogP contribution in [0.2, 0.25) is 0 Å². The molecule has 0 atom stereocenters. The number of sulfonamides is 1. The van der Waals surface area contributed by atoms with Gasteiger partial charge in [0, 0.05) is 38.8 Å². The molecule has 0 saturated carbocycles. The van der Waals surface area contributed by atoms with E-state index in [1.807, 2.05) is 6.92 Å². The molecular formula is C17H24F2N2O4S. The molecule has 2 rings (SSSR count). The van der Waals surface area contributed by atoms with Crippen molar-refractivity contribution in [3.8, 4) is 0 Å². The van der Waals surface area contributed by atoms with Crippen molar-refractivity contribution in [2.45, 2.75) is 31.1 Å². The number of halogens is 2. The Morgan fingerprint density at radius 3 is 2.65 bits per heavy atom. The first-order valence-corrected chi connectivity index (χ1v) is 10.1. The fourth-order valence-electron chi connectivity index (χ4n) is 2.85. The lowest BCUT2D eigenvalue weighted by Crippen LogP contribution is -2.43. The molecule has 1 fully saturated rings. The van der Waals surface area contributed by atoms with E-state index in [-0.39, 0.29) is 24.9 Å². The summed E-state index contributed by atoms with van der Waals surface area (Å²) < 4.78 is 58.4. The van der Waals surface area contributed by atoms with E-state index in [1.165, 1.54) is 0 Å². The van der Waals surface area contributed by atoms with Gasteiger partial charge in [0.05, 0.1) is 0 Å². The number of nitrogens with one attached hydrogen (secondary N) is 1. The zero-order valence-corrected chi connectivity index (χ0v) is 15.5. The molecule has 1 aliphatic rings. The van der Waals surface area contributed by atoms with Crippen molar-refractivity contribution in [1.29, 1.82) is 0 Å². The summed E-state index contributed by atoms with van der Waals surface area (Å²) in [6, 6.07) is 2.35. The van der Waals surface area contributed by atoms with Crippen LogP contribution in [-0.4, -0.2) is 51.5 Å². The van der Waals surface area contributed by atoms with Crippen LogP contribution in [0.5, 0.6) is 0 Å². The average Bonchev–Trinajstić information content (AvgIpc) is 2.63. The number of ether oxygens (including phenoxy) is 1. The van der Waals surface area contributed by atoms with Gasteiger partial charge in [-0.1, -0.05) is 0 Å². The van der Waals surface area contributed by atoms with Crippen LogP contribution in [0.1, 0.15) is 26.2 Å². The molecule has 0 aromatic heterocycles. The van der Waals surface area contributed by atoms with Crippen molar-refractivity contribution in [2.24, 2.45) is 5.92 Å². The van der Waals surface area contributed by atoms with Crippen molar-refractivity contribution in [3.63, 3.8) is 0 Å². The molecule has 0 unspecified atom stereocenters. The van der Waals surface area contributed by atoms with E-state index in [1.54, 1.807) is 0 Å². The maximum atomic E-state index is 13.8. The van der Waals surface area contributed by atoms with Gasteiger partial charge in [-0.05, 0) is 44.4 Å². The van der Waals surface area contributed by atoms with Crippen molar-refractivity contribution >= 4 is 15.9 Å². The van der Waals surface area contributed by atoms with Gasteiger partial charge in [0.15, 0.2) is 0 Å². The smallest absolute Gasteiger partial charge is 0.246 e. The summed E-state index contributed by atoms with van der Waals surface area (Å²) in [6.07, 6.45) is 1.40. The van der Waals surface area contributed by atoms with E-state index in [0.29, 0.717) is 45.1 Å². The molecule has 0 spiro atoms. The molecule has 26 heavy (non-hydrogen) atoms. The second-order valence-electron chi connectivity index (χ2n) is 6.09. The quantitative estimate of drug-likeness (QED) is 0.688. The summed E-state index contributed by atoms with van der Waals surface area (Å²) in [5.74, 6) is -2.20. The number of rotatable bonds is 8. The Bertz CT molecular complexity index is 719. The van der Waals surface area contributed by atoms with E-state index in [4.69, 9.17) is 4.74 Å². The minimum Gasteiger partial charge on any atom is -0.382 e. The largest absolute Gasteiger partial charge is 0.382 e. The highest BCUT2D eigenvalue weighted by molar-refractivity contribution is 7.89. The third-order valence-corrected chi connectivity index (χ3v) is 6.22. The third kappa shape index (κ3) is 5.21. The van der Waals surface area contributed by atoms with Gasteiger partial charge in [-0.2, -0.15) is 4.31 Å². The second kappa shape index (κ2) is 9.38. The summed E-state index contributed by atoms with van der Waals surface area (Å²) in [6.45, 7) is 3.80. The van der Waals surface area contributed by atoms with Crippen molar-refractivity contribution < 1.29 is 26.7 Å². The molecule has 6 nitrogen and oxygen atoms in total. The second-order valence-corrected chi connectivity index (χ2v) is 8.00. The topological polar surface area (TPSA) is 75.7 Å². The van der Waals surface area contributed by atoms with Crippen LogP contribution in [0.25, 0.3) is 0 Å². The molecular weight excluding hydrogens is 366 g/mol. The molecule has 0 radical (unpaired) electrons. The summed E-state index contributed by atoms with van der Waals surface area (Å²) in [7, 11) is -4.12. The Balaban J connectivity index is 1.89. The summed E-state index contributed by atoms with van der Waals surface area (Å²) >= 11 is 0. The number of amides is 1. The first-order chi connectivity index (χ1) is 12.4. The Morgan fingerprint density at radius 1 is 1.31 bits per heavy atom. The van der Waals surface area contributed by atoms with E-state index in [0.717, 1.165) is 16.4 Å². The predicted octanol–water partition coefficient (Wildman–Crippen LogP) is 1.91. The van der Waals surface area contributed by atoms with E-state index >= 15 is 0 Å². The van der Waals surface area contributed by atoms with Gasteiger partial charge < -0.3 is 10.1 Å². The maximum absolute atomic E-state index is 13.8. The predicted molar refractivity (Wildman–Crippen MR) is 92.0 cm³/mol. The minimum absolute atomic E-state index is 0.0926. The Kier molecular flexibility index (Phi) is 7.48. The third-order valence-electron chi connectivity index (χ3n) is 4.30. The standard InChI is InChI=1S/C17H24F2N2O4S/c1-2-25-11-3-8-20-17(22)13-6-9-21(10-7-13)26(23,24)16-12-14(18)4-5-15(16)19/h4-5,12-13H,2-3,6-11H2,1H3,(H,20,22). The van der Waals surface area contributed by atoms with Crippen molar-refractivity contribution in [2.75, 3.05) is 32.8 Å². The number of nitrogens with zero attached hydrogens (tertiary/aromatic N) is 1. The Hall–Kier alpha value is -1.58. The van der Waals surface area contributed by atoms with Crippen LogP contribution in [0.4, 0.5) is 8.78 Å². The van der Waals surface area contributed by atoms with Crippen LogP contribution < -0.4 is 5.32 Å². The molecule has 1 aliphatic heterocycles. The summed E-state index contributed by atoms with van der Waals surface area (Å²) in [5.41, 5.74) is 0. The molecule has 1 aromatic carbocycles. The van der Waals surface area contributed by atoms with Crippen LogP contribution in [0.15, 0.2) is 23.1 Å². The highest BCUT2D eigenvalue weighted by Crippen LogP contribution is 2.26. The lowest BCUT2D eigenvalue weighted by Gasteiger charge is -2.30. The number of carbonyl (C=O) groups excluding carboxylic acids is 1. The van der Waals surface area contributed by atoms with Crippen LogP contribution in [0.3, 0.4) is 0 Å². The number of benzene rings is 1. The zero-order valence-electron chi connectivity index (χ0n) is 14.7. The van der Waals surface area contributed by atoms with Gasteiger partial charge in [-0.15, -0.1) is 0 Å². The first-order valence-electron chi connectivity index (χ1n) is 8.67. The van der Waals surface area contributed by atoms with E-state index in [9.17, 15) is 22.0 Å². The summed E-state index contributed by atoms with van der Waals surface area (Å²) in [4.78, 5) is 11.5. The fourth-order valence-corrected chi connectivity index (χ4v) is 4.39. The highest BCUT2D eigenvalue weighted by atomic mass is 32.2. The zero-order chi connectivity index (χ0) is 19.2. The first kappa shape index (κ1) is 20.7. The SMILES string of the molecule is CCOCCCNC(=O)C1CCN(S(=O)(=O)c2cc(F)ccc2F)CC1. The lowest BCUT2D eigenvalue weighted by atomic mass is 9.97. The van der Waals surface area contributed by atoms with Crippen LogP contribution >= 0.6 is 0 Å². The van der Waals surface area contributed by atoms with Crippen LogP contribution in [0, 0.1) is 17.6 Å². The lowest BCUT2D eigenvalue weighted by molar-refractivity contribution is -0.126. The molecule has 1 N–H and O–H groups in total. The molecule has 1 aromatic rings. The van der Waals surface area contributed by atoms with Gasteiger partial charge in [-0.25, -0.2) is 17.2 Å². The number of hydrogen-bond donors (Lipinski definition) is 1. The molecule has 0 bridgehead atoms. The van der Waals surface area contributed by atoms with Gasteiger partial charge >= 0.3 is 0 Å². The maximum Gasteiger partial charge on any atom is 0.246 e. The van der Waals surface area contributed by atoms with E-state index in [2.05, 4.69) is 5.32 Å². The molecule has 146 valence electrons. The Morgan fingerprint density at radius 2 is 2.00 bits per heavy atom. The van der Waals surface area contributed by atoms with Gasteiger partial charge in [0.1, 0.15) is 16.5 Å². The Labute approximate surface area is 152 Å². The van der Waals surface area contributed by atoms with Gasteiger partial charge in [0.25, 0.3) is 0 Å². The molecule has 1 saturated heterocycles. The van der Waals surface area contributed by atoms with E-state index < -0.39 is 26.6 Å². The molecule has 0 aliphatic carbocycles. The van der Waals surface area contributed by atoms with Gasteiger partial charge in [0.2, 0.25) is 15.9 Å². The normalized spacial score (nSPS) is 16.6. The minimum atomic E-state index is -4.12. The number of hydrogen-bond acceptors (Lipinski definition) is 4. The van der Waals surface area contributed by atoms with Crippen molar-refractivity contribution in [3.05, 3.63) is 29.8 Å². The highest BCUT2D eigenvalue weighted by Gasteiger charge is 2.33. The molecule has 1 heterocycles. The average molecular weight is 390 g/mol. The fraction of sp³-hybridized carbons (Fsp3) is 0.588. The van der Waals surface area contributed by atoms with Crippen LogP contribution in [-0.2, 0) is 19.6 Å². The number of piperidine rings is 1. The number of carbonyl (C=O) groups is 1. The molecule has 9 heteroatoms.